The van der Waals surface area contributed by atoms with Crippen molar-refractivity contribution >= 4 is 11.9 Å². The number of unbranched alkanes of at least 4 members (excludes halogenated alkanes) is 1. The Labute approximate surface area is 84.3 Å². The first kappa shape index (κ1) is 12.7. The highest BCUT2D eigenvalue weighted by molar-refractivity contribution is 5.75. The van der Waals surface area contributed by atoms with Crippen LogP contribution in [0.25, 0.3) is 0 Å². The monoisotopic (exact) mass is 199 g/mol. The van der Waals surface area contributed by atoms with Crippen LogP contribution in [0.4, 0.5) is 4.79 Å². The van der Waals surface area contributed by atoms with E-state index in [1.807, 2.05) is 0 Å². The molecule has 0 saturated carbocycles. The molecule has 0 radical (unpaired) electrons. The fourth-order valence-electron chi connectivity index (χ4n) is 0.875. The van der Waals surface area contributed by atoms with Gasteiger partial charge in [0, 0.05) is 13.0 Å². The van der Waals surface area contributed by atoms with Crippen molar-refractivity contribution in [3.63, 3.8) is 0 Å². The van der Waals surface area contributed by atoms with Gasteiger partial charge in [0.1, 0.15) is 12.4 Å². The fraction of sp³-hybridized carbons (Fsp3) is 0.600. The SMILES string of the molecule is C=CCOC(=O)NCCCCC(C)=O. The first-order chi connectivity index (χ1) is 6.66. The molecule has 0 rings (SSSR count). The molecule has 4 heteroatoms. The quantitative estimate of drug-likeness (QED) is 0.501. The summed E-state index contributed by atoms with van der Waals surface area (Å²) in [4.78, 5) is 21.4. The van der Waals surface area contributed by atoms with Crippen molar-refractivity contribution < 1.29 is 14.3 Å². The van der Waals surface area contributed by atoms with Gasteiger partial charge in [-0.25, -0.2) is 4.79 Å². The summed E-state index contributed by atoms with van der Waals surface area (Å²) in [6.07, 6.45) is 3.24. The molecule has 0 aromatic rings. The van der Waals surface area contributed by atoms with Crippen LogP contribution >= 0.6 is 0 Å². The Morgan fingerprint density at radius 3 is 2.71 bits per heavy atom. The van der Waals surface area contributed by atoms with Gasteiger partial charge < -0.3 is 14.8 Å². The minimum absolute atomic E-state index is 0.180. The zero-order chi connectivity index (χ0) is 10.8. The number of rotatable bonds is 7. The average molecular weight is 199 g/mol. The molecule has 0 aliphatic rings. The van der Waals surface area contributed by atoms with Crippen molar-refractivity contribution in [2.75, 3.05) is 13.2 Å². The van der Waals surface area contributed by atoms with Gasteiger partial charge in [-0.3, -0.25) is 0 Å². The van der Waals surface area contributed by atoms with Crippen molar-refractivity contribution in [1.82, 2.24) is 5.32 Å². The van der Waals surface area contributed by atoms with E-state index in [4.69, 9.17) is 0 Å². The lowest BCUT2D eigenvalue weighted by Crippen LogP contribution is -2.25. The Kier molecular flexibility index (Phi) is 7.50. The molecule has 0 aromatic carbocycles. The minimum Gasteiger partial charge on any atom is -0.445 e. The van der Waals surface area contributed by atoms with Crippen LogP contribution in [0.5, 0.6) is 0 Å². The Morgan fingerprint density at radius 1 is 1.43 bits per heavy atom. The van der Waals surface area contributed by atoms with Gasteiger partial charge in [0.25, 0.3) is 0 Å². The Hall–Kier alpha value is -1.32. The van der Waals surface area contributed by atoms with Gasteiger partial charge in [-0.05, 0) is 19.8 Å². The molecule has 0 saturated heterocycles. The maximum absolute atomic E-state index is 10.9. The van der Waals surface area contributed by atoms with E-state index in [2.05, 4.69) is 16.6 Å². The number of carbonyl (C=O) groups is 2. The van der Waals surface area contributed by atoms with Crippen LogP contribution in [0.2, 0.25) is 0 Å². The maximum atomic E-state index is 10.9. The van der Waals surface area contributed by atoms with Crippen molar-refractivity contribution in [1.29, 1.82) is 0 Å². The molecule has 1 amide bonds. The lowest BCUT2D eigenvalue weighted by Gasteiger charge is -2.04. The molecule has 0 unspecified atom stereocenters. The van der Waals surface area contributed by atoms with Crippen LogP contribution in [0.1, 0.15) is 26.2 Å². The van der Waals surface area contributed by atoms with Crippen LogP contribution < -0.4 is 5.32 Å². The topological polar surface area (TPSA) is 55.4 Å². The molecular formula is C10H17NO3. The molecule has 0 fully saturated rings. The number of amides is 1. The van der Waals surface area contributed by atoms with E-state index in [1.165, 1.54) is 6.08 Å². The Bertz CT molecular complexity index is 202. The molecule has 0 heterocycles. The molecule has 4 nitrogen and oxygen atoms in total. The predicted octanol–water partition coefficient (Wildman–Crippen LogP) is 1.66. The summed E-state index contributed by atoms with van der Waals surface area (Å²) in [5.41, 5.74) is 0. The van der Waals surface area contributed by atoms with Gasteiger partial charge in [-0.1, -0.05) is 12.7 Å². The van der Waals surface area contributed by atoms with Crippen LogP contribution in [0.15, 0.2) is 12.7 Å². The molecular weight excluding hydrogens is 182 g/mol. The summed E-state index contributed by atoms with van der Waals surface area (Å²) in [5.74, 6) is 0.180. The number of hydrogen-bond acceptors (Lipinski definition) is 3. The maximum Gasteiger partial charge on any atom is 0.407 e. The Balaban J connectivity index is 3.22. The fourth-order valence-corrected chi connectivity index (χ4v) is 0.875. The van der Waals surface area contributed by atoms with Crippen molar-refractivity contribution in [2.24, 2.45) is 0 Å². The number of nitrogens with one attached hydrogen (secondary N) is 1. The summed E-state index contributed by atoms with van der Waals surface area (Å²) in [6.45, 7) is 5.75. The highest BCUT2D eigenvalue weighted by Gasteiger charge is 1.99. The number of alkyl carbamates (subject to hydrolysis) is 1. The number of Topliss-reactive ketones (excluding diaryl/α,β-unsaturated/α-hetero) is 1. The summed E-state index contributed by atoms with van der Waals surface area (Å²) in [6, 6.07) is 0. The van der Waals surface area contributed by atoms with Gasteiger partial charge in [0.05, 0.1) is 0 Å². The van der Waals surface area contributed by atoms with E-state index in [0.29, 0.717) is 13.0 Å². The highest BCUT2D eigenvalue weighted by Crippen LogP contribution is 1.94. The molecule has 0 aliphatic carbocycles. The minimum atomic E-state index is -0.437. The van der Waals surface area contributed by atoms with Crippen molar-refractivity contribution in [3.8, 4) is 0 Å². The summed E-state index contributed by atoms with van der Waals surface area (Å²) in [7, 11) is 0. The van der Waals surface area contributed by atoms with Gasteiger partial charge in [0.2, 0.25) is 0 Å². The number of carbonyl (C=O) groups excluding carboxylic acids is 2. The smallest absolute Gasteiger partial charge is 0.407 e. The number of hydrogen-bond donors (Lipinski definition) is 1. The van der Waals surface area contributed by atoms with Crippen molar-refractivity contribution in [3.05, 3.63) is 12.7 Å². The van der Waals surface area contributed by atoms with E-state index in [1.54, 1.807) is 6.92 Å². The third-order valence-corrected chi connectivity index (χ3v) is 1.56. The Morgan fingerprint density at radius 2 is 2.14 bits per heavy atom. The standard InChI is InChI=1S/C10H17NO3/c1-3-8-14-10(13)11-7-5-4-6-9(2)12/h3H,1,4-8H2,2H3,(H,11,13). The summed E-state index contributed by atoms with van der Waals surface area (Å²) in [5, 5.41) is 2.57. The largest absolute Gasteiger partial charge is 0.445 e. The van der Waals surface area contributed by atoms with Crippen LogP contribution in [0.3, 0.4) is 0 Å². The number of ketones is 1. The first-order valence-electron chi connectivity index (χ1n) is 4.67. The molecule has 0 bridgehead atoms. The zero-order valence-corrected chi connectivity index (χ0v) is 8.54. The van der Waals surface area contributed by atoms with E-state index in [0.717, 1.165) is 12.8 Å². The van der Waals surface area contributed by atoms with Gasteiger partial charge in [-0.2, -0.15) is 0 Å². The van der Waals surface area contributed by atoms with Crippen LogP contribution in [0, 0.1) is 0 Å². The molecule has 0 spiro atoms. The second kappa shape index (κ2) is 8.29. The summed E-state index contributed by atoms with van der Waals surface area (Å²) < 4.78 is 4.68. The molecule has 1 N–H and O–H groups in total. The van der Waals surface area contributed by atoms with Gasteiger partial charge in [-0.15, -0.1) is 0 Å². The number of ether oxygens (including phenoxy) is 1. The molecule has 14 heavy (non-hydrogen) atoms. The highest BCUT2D eigenvalue weighted by atomic mass is 16.5. The van der Waals surface area contributed by atoms with Gasteiger partial charge in [0.15, 0.2) is 0 Å². The average Bonchev–Trinajstić information content (AvgIpc) is 2.13. The molecule has 0 atom stereocenters. The van der Waals surface area contributed by atoms with Gasteiger partial charge >= 0.3 is 6.09 Å². The summed E-state index contributed by atoms with van der Waals surface area (Å²) >= 11 is 0. The lowest BCUT2D eigenvalue weighted by molar-refractivity contribution is -0.117. The first-order valence-corrected chi connectivity index (χ1v) is 4.67. The van der Waals surface area contributed by atoms with Crippen LogP contribution in [-0.2, 0) is 9.53 Å². The van der Waals surface area contributed by atoms with E-state index in [9.17, 15) is 9.59 Å². The van der Waals surface area contributed by atoms with Crippen molar-refractivity contribution in [2.45, 2.75) is 26.2 Å². The van der Waals surface area contributed by atoms with E-state index >= 15 is 0 Å². The predicted molar refractivity (Wildman–Crippen MR) is 54.1 cm³/mol. The lowest BCUT2D eigenvalue weighted by atomic mass is 10.2. The zero-order valence-electron chi connectivity index (χ0n) is 8.54. The molecule has 0 aromatic heterocycles. The second-order valence-electron chi connectivity index (χ2n) is 2.97. The van der Waals surface area contributed by atoms with E-state index < -0.39 is 6.09 Å². The molecule has 80 valence electrons. The van der Waals surface area contributed by atoms with Crippen LogP contribution in [-0.4, -0.2) is 25.0 Å². The second-order valence-corrected chi connectivity index (χ2v) is 2.97. The third kappa shape index (κ3) is 8.77. The normalized spacial score (nSPS) is 9.21. The van der Waals surface area contributed by atoms with E-state index in [-0.39, 0.29) is 12.4 Å². The third-order valence-electron chi connectivity index (χ3n) is 1.56. The molecule has 0 aliphatic heterocycles.